The number of aromatic amines is 1. The van der Waals surface area contributed by atoms with Gasteiger partial charge in [0.25, 0.3) is 0 Å². The molecular formula is C12H14N6O2. The average Bonchev–Trinajstić information content (AvgIpc) is 2.92. The second kappa shape index (κ2) is 4.48. The normalized spacial score (nSPS) is 12.8. The Hall–Kier alpha value is -2.64. The fourth-order valence-corrected chi connectivity index (χ4v) is 2.64. The molecule has 20 heavy (non-hydrogen) atoms. The molecule has 2 aromatic rings. The number of hydrogen-bond donors (Lipinski definition) is 3. The van der Waals surface area contributed by atoms with Crippen molar-refractivity contribution in [1.29, 1.82) is 0 Å². The van der Waals surface area contributed by atoms with Crippen LogP contribution in [0.2, 0.25) is 0 Å². The molecule has 0 atom stereocenters. The van der Waals surface area contributed by atoms with Crippen molar-refractivity contribution in [2.75, 3.05) is 0 Å². The molecule has 2 amide bonds. The number of hydrogen-bond acceptors (Lipinski definition) is 4. The summed E-state index contributed by atoms with van der Waals surface area (Å²) in [6.07, 6.45) is 3.27. The summed E-state index contributed by atoms with van der Waals surface area (Å²) >= 11 is 0. The van der Waals surface area contributed by atoms with E-state index in [-0.39, 0.29) is 13.0 Å². The number of fused-ring (bicyclic) bond motifs is 3. The van der Waals surface area contributed by atoms with Crippen molar-refractivity contribution in [3.63, 3.8) is 0 Å². The summed E-state index contributed by atoms with van der Waals surface area (Å²) in [7, 11) is 0. The van der Waals surface area contributed by atoms with Crippen LogP contribution in [0.5, 0.6) is 0 Å². The van der Waals surface area contributed by atoms with Crippen LogP contribution in [0.1, 0.15) is 17.0 Å². The minimum Gasteiger partial charge on any atom is -0.369 e. The SMILES string of the molecule is NC(=O)Cc1nn(CC(N)=O)c2c1CCc1[nH]ncc1-2. The van der Waals surface area contributed by atoms with Crippen LogP contribution in [-0.4, -0.2) is 31.8 Å². The van der Waals surface area contributed by atoms with E-state index in [9.17, 15) is 9.59 Å². The van der Waals surface area contributed by atoms with Crippen molar-refractivity contribution >= 4 is 11.8 Å². The van der Waals surface area contributed by atoms with Gasteiger partial charge in [0.1, 0.15) is 6.54 Å². The molecule has 104 valence electrons. The Morgan fingerprint density at radius 3 is 2.80 bits per heavy atom. The first-order chi connectivity index (χ1) is 9.56. The number of nitrogens with two attached hydrogens (primary N) is 2. The first kappa shape index (κ1) is 12.4. The predicted octanol–water partition coefficient (Wildman–Crippen LogP) is -1.12. The average molecular weight is 274 g/mol. The van der Waals surface area contributed by atoms with E-state index in [1.165, 1.54) is 4.68 Å². The van der Waals surface area contributed by atoms with Gasteiger partial charge in [-0.3, -0.25) is 19.4 Å². The molecule has 0 bridgehead atoms. The van der Waals surface area contributed by atoms with Crippen LogP contribution in [0.3, 0.4) is 0 Å². The molecule has 5 N–H and O–H groups in total. The number of nitrogens with zero attached hydrogens (tertiary/aromatic N) is 3. The molecule has 1 aliphatic rings. The van der Waals surface area contributed by atoms with Crippen molar-refractivity contribution in [3.05, 3.63) is 23.1 Å². The Bertz CT molecular complexity index is 699. The lowest BCUT2D eigenvalue weighted by Crippen LogP contribution is -2.21. The van der Waals surface area contributed by atoms with E-state index >= 15 is 0 Å². The summed E-state index contributed by atoms with van der Waals surface area (Å²) in [4.78, 5) is 22.3. The number of primary amides is 2. The van der Waals surface area contributed by atoms with Crippen LogP contribution in [0.4, 0.5) is 0 Å². The number of carbonyl (C=O) groups excluding carboxylic acids is 2. The summed E-state index contributed by atoms with van der Waals surface area (Å²) in [5.74, 6) is -0.939. The fourth-order valence-electron chi connectivity index (χ4n) is 2.64. The largest absolute Gasteiger partial charge is 0.369 e. The molecule has 0 spiro atoms. The molecule has 1 aliphatic carbocycles. The van der Waals surface area contributed by atoms with Gasteiger partial charge in [-0.25, -0.2) is 0 Å². The summed E-state index contributed by atoms with van der Waals surface area (Å²) in [6.45, 7) is -0.0360. The maximum atomic E-state index is 11.2. The standard InChI is InChI=1S/C12H14N6O2/c13-10(19)3-9-6-1-2-8-7(4-15-16-8)12(6)18(17-9)5-11(14)20/h4H,1-3,5H2,(H2,13,19)(H2,14,20)(H,15,16). The smallest absolute Gasteiger partial charge is 0.239 e. The second-order valence-electron chi connectivity index (χ2n) is 4.80. The van der Waals surface area contributed by atoms with Crippen LogP contribution in [0.15, 0.2) is 6.20 Å². The van der Waals surface area contributed by atoms with Crippen LogP contribution < -0.4 is 11.5 Å². The molecule has 8 nitrogen and oxygen atoms in total. The predicted molar refractivity (Wildman–Crippen MR) is 69.3 cm³/mol. The topological polar surface area (TPSA) is 133 Å². The number of carbonyl (C=O) groups is 2. The quantitative estimate of drug-likeness (QED) is 0.651. The van der Waals surface area contributed by atoms with Crippen LogP contribution >= 0.6 is 0 Å². The number of H-pyrrole nitrogens is 1. The molecule has 0 aromatic carbocycles. The number of amides is 2. The first-order valence-electron chi connectivity index (χ1n) is 6.24. The highest BCUT2D eigenvalue weighted by atomic mass is 16.1. The van der Waals surface area contributed by atoms with Gasteiger partial charge < -0.3 is 11.5 Å². The Labute approximate surface area is 114 Å². The molecule has 2 heterocycles. The van der Waals surface area contributed by atoms with E-state index < -0.39 is 11.8 Å². The molecule has 0 fully saturated rings. The number of rotatable bonds is 4. The lowest BCUT2D eigenvalue weighted by molar-refractivity contribution is -0.119. The zero-order valence-corrected chi connectivity index (χ0v) is 10.7. The monoisotopic (exact) mass is 274 g/mol. The maximum absolute atomic E-state index is 11.2. The van der Waals surface area contributed by atoms with Crippen molar-refractivity contribution in [2.24, 2.45) is 11.5 Å². The Morgan fingerprint density at radius 1 is 1.30 bits per heavy atom. The minimum absolute atomic E-state index is 0.0360. The van der Waals surface area contributed by atoms with Crippen molar-refractivity contribution < 1.29 is 9.59 Å². The Kier molecular flexibility index (Phi) is 2.78. The van der Waals surface area contributed by atoms with Gasteiger partial charge in [0, 0.05) is 16.8 Å². The van der Waals surface area contributed by atoms with E-state index in [4.69, 9.17) is 11.5 Å². The zero-order chi connectivity index (χ0) is 14.3. The van der Waals surface area contributed by atoms with E-state index in [1.54, 1.807) is 6.20 Å². The highest BCUT2D eigenvalue weighted by molar-refractivity contribution is 5.79. The molecule has 2 aromatic heterocycles. The van der Waals surface area contributed by atoms with E-state index in [2.05, 4.69) is 15.3 Å². The van der Waals surface area contributed by atoms with Crippen LogP contribution in [0.25, 0.3) is 11.3 Å². The van der Waals surface area contributed by atoms with Crippen LogP contribution in [-0.2, 0) is 35.4 Å². The Morgan fingerprint density at radius 2 is 2.10 bits per heavy atom. The van der Waals surface area contributed by atoms with Crippen molar-refractivity contribution in [1.82, 2.24) is 20.0 Å². The number of aryl methyl sites for hydroxylation is 1. The van der Waals surface area contributed by atoms with E-state index in [0.717, 1.165) is 35.4 Å². The molecule has 0 saturated heterocycles. The highest BCUT2D eigenvalue weighted by Gasteiger charge is 2.27. The third-order valence-corrected chi connectivity index (χ3v) is 3.38. The van der Waals surface area contributed by atoms with E-state index in [0.29, 0.717) is 5.69 Å². The molecule has 0 unspecified atom stereocenters. The number of nitrogens with one attached hydrogen (secondary N) is 1. The summed E-state index contributed by atoms with van der Waals surface area (Å²) in [5, 5.41) is 11.3. The molecule has 0 radical (unpaired) electrons. The van der Waals surface area contributed by atoms with Gasteiger partial charge in [-0.15, -0.1) is 0 Å². The highest BCUT2D eigenvalue weighted by Crippen LogP contribution is 2.34. The molecule has 8 heteroatoms. The number of aromatic nitrogens is 4. The van der Waals surface area contributed by atoms with Gasteiger partial charge in [0.15, 0.2) is 0 Å². The van der Waals surface area contributed by atoms with Gasteiger partial charge in [-0.2, -0.15) is 10.2 Å². The van der Waals surface area contributed by atoms with Gasteiger partial charge in [0.05, 0.1) is 24.0 Å². The fraction of sp³-hybridized carbons (Fsp3) is 0.333. The third kappa shape index (κ3) is 1.94. The molecule has 0 aliphatic heterocycles. The van der Waals surface area contributed by atoms with Crippen LogP contribution in [0, 0.1) is 0 Å². The minimum atomic E-state index is -0.489. The molecule has 0 saturated carbocycles. The summed E-state index contributed by atoms with van der Waals surface area (Å²) in [6, 6.07) is 0. The summed E-state index contributed by atoms with van der Waals surface area (Å²) < 4.78 is 1.53. The van der Waals surface area contributed by atoms with Gasteiger partial charge in [0.2, 0.25) is 11.8 Å². The van der Waals surface area contributed by atoms with Gasteiger partial charge >= 0.3 is 0 Å². The maximum Gasteiger partial charge on any atom is 0.239 e. The van der Waals surface area contributed by atoms with Crippen molar-refractivity contribution in [2.45, 2.75) is 25.8 Å². The summed E-state index contributed by atoms with van der Waals surface area (Å²) in [5.41, 5.74) is 14.7. The third-order valence-electron chi connectivity index (χ3n) is 3.38. The van der Waals surface area contributed by atoms with Gasteiger partial charge in [-0.1, -0.05) is 0 Å². The lowest BCUT2D eigenvalue weighted by atomic mass is 9.93. The van der Waals surface area contributed by atoms with E-state index in [1.807, 2.05) is 0 Å². The van der Waals surface area contributed by atoms with Crippen molar-refractivity contribution in [3.8, 4) is 11.3 Å². The lowest BCUT2D eigenvalue weighted by Gasteiger charge is -2.14. The Balaban J connectivity index is 2.15. The zero-order valence-electron chi connectivity index (χ0n) is 10.7. The van der Waals surface area contributed by atoms with Gasteiger partial charge in [-0.05, 0) is 12.8 Å². The molecular weight excluding hydrogens is 260 g/mol. The first-order valence-corrected chi connectivity index (χ1v) is 6.24. The molecule has 3 rings (SSSR count). The second-order valence-corrected chi connectivity index (χ2v) is 4.80.